The van der Waals surface area contributed by atoms with Gasteiger partial charge in [-0.15, -0.1) is 0 Å². The first-order chi connectivity index (χ1) is 9.28. The molecule has 0 aliphatic carbocycles. The molecule has 0 saturated heterocycles. The molecule has 0 aromatic heterocycles. The SMILES string of the molecule is CCC(CC)(CO)CNc1cc(C(F)(F)F)ccc1F. The molecule has 114 valence electrons. The normalized spacial score (nSPS) is 12.6. The average molecular weight is 293 g/mol. The van der Waals surface area contributed by atoms with Crippen LogP contribution in [0.4, 0.5) is 23.2 Å². The molecule has 1 aromatic carbocycles. The Labute approximate surface area is 115 Å². The molecule has 0 bridgehead atoms. The molecule has 0 heterocycles. The van der Waals surface area contributed by atoms with Crippen molar-refractivity contribution in [2.75, 3.05) is 18.5 Å². The van der Waals surface area contributed by atoms with E-state index in [-0.39, 0.29) is 18.8 Å². The van der Waals surface area contributed by atoms with Gasteiger partial charge in [0.2, 0.25) is 0 Å². The summed E-state index contributed by atoms with van der Waals surface area (Å²) < 4.78 is 51.3. The van der Waals surface area contributed by atoms with E-state index < -0.39 is 23.0 Å². The van der Waals surface area contributed by atoms with Gasteiger partial charge in [0.15, 0.2) is 0 Å². The fraction of sp³-hybridized carbons (Fsp3) is 0.571. The predicted octanol–water partition coefficient (Wildman–Crippen LogP) is 4.06. The van der Waals surface area contributed by atoms with E-state index in [1.54, 1.807) is 0 Å². The zero-order valence-electron chi connectivity index (χ0n) is 11.5. The summed E-state index contributed by atoms with van der Waals surface area (Å²) in [7, 11) is 0. The Kier molecular flexibility index (Phi) is 5.39. The molecular formula is C14H19F4NO. The van der Waals surface area contributed by atoms with Crippen molar-refractivity contribution in [3.8, 4) is 0 Å². The lowest BCUT2D eigenvalue weighted by Gasteiger charge is -2.30. The van der Waals surface area contributed by atoms with Crippen LogP contribution in [-0.2, 0) is 6.18 Å². The molecule has 0 atom stereocenters. The quantitative estimate of drug-likeness (QED) is 0.775. The number of nitrogens with one attached hydrogen (secondary N) is 1. The van der Waals surface area contributed by atoms with Crippen molar-refractivity contribution in [3.63, 3.8) is 0 Å². The van der Waals surface area contributed by atoms with E-state index in [2.05, 4.69) is 5.32 Å². The lowest BCUT2D eigenvalue weighted by Crippen LogP contribution is -2.32. The first kappa shape index (κ1) is 16.8. The van der Waals surface area contributed by atoms with Crippen LogP contribution in [0, 0.1) is 11.2 Å². The van der Waals surface area contributed by atoms with Crippen LogP contribution in [-0.4, -0.2) is 18.3 Å². The maximum Gasteiger partial charge on any atom is 0.416 e. The van der Waals surface area contributed by atoms with Crippen LogP contribution in [0.15, 0.2) is 18.2 Å². The molecule has 2 N–H and O–H groups in total. The average Bonchev–Trinajstić information content (AvgIpc) is 2.41. The first-order valence-corrected chi connectivity index (χ1v) is 6.49. The van der Waals surface area contributed by atoms with Gasteiger partial charge in [-0.25, -0.2) is 4.39 Å². The standard InChI is InChI=1S/C14H19F4NO/c1-3-13(4-2,9-20)8-19-12-7-10(14(16,17)18)5-6-11(12)15/h5-7,19-20H,3-4,8-9H2,1-2H3. The molecule has 2 nitrogen and oxygen atoms in total. The van der Waals surface area contributed by atoms with Gasteiger partial charge in [0.25, 0.3) is 0 Å². The summed E-state index contributed by atoms with van der Waals surface area (Å²) >= 11 is 0. The maximum atomic E-state index is 13.6. The molecule has 20 heavy (non-hydrogen) atoms. The van der Waals surface area contributed by atoms with Gasteiger partial charge in [0.05, 0.1) is 17.9 Å². The third-order valence-electron chi connectivity index (χ3n) is 3.78. The minimum absolute atomic E-state index is 0.104. The lowest BCUT2D eigenvalue weighted by atomic mass is 9.83. The third-order valence-corrected chi connectivity index (χ3v) is 3.78. The Hall–Kier alpha value is -1.30. The largest absolute Gasteiger partial charge is 0.416 e. The van der Waals surface area contributed by atoms with Crippen LogP contribution >= 0.6 is 0 Å². The Morgan fingerprint density at radius 3 is 2.20 bits per heavy atom. The number of hydrogen-bond acceptors (Lipinski definition) is 2. The van der Waals surface area contributed by atoms with Crippen LogP contribution in [0.3, 0.4) is 0 Å². The van der Waals surface area contributed by atoms with E-state index in [1.807, 2.05) is 13.8 Å². The number of halogens is 4. The molecule has 0 unspecified atom stereocenters. The highest BCUT2D eigenvalue weighted by Crippen LogP contribution is 2.33. The van der Waals surface area contributed by atoms with E-state index in [0.29, 0.717) is 18.9 Å². The molecule has 0 saturated carbocycles. The summed E-state index contributed by atoms with van der Waals surface area (Å²) in [5.41, 5.74) is -1.55. The molecule has 0 spiro atoms. The summed E-state index contributed by atoms with van der Waals surface area (Å²) in [4.78, 5) is 0. The second-order valence-electron chi connectivity index (χ2n) is 4.91. The van der Waals surface area contributed by atoms with Crippen molar-refractivity contribution < 1.29 is 22.7 Å². The number of rotatable bonds is 6. The summed E-state index contributed by atoms with van der Waals surface area (Å²) in [6.07, 6.45) is -3.21. The highest BCUT2D eigenvalue weighted by molar-refractivity contribution is 5.48. The van der Waals surface area contributed by atoms with Gasteiger partial charge >= 0.3 is 6.18 Å². The monoisotopic (exact) mass is 293 g/mol. The van der Waals surface area contributed by atoms with Gasteiger partial charge in [0.1, 0.15) is 5.82 Å². The number of benzene rings is 1. The minimum Gasteiger partial charge on any atom is -0.396 e. The van der Waals surface area contributed by atoms with Crippen LogP contribution in [0.2, 0.25) is 0 Å². The van der Waals surface area contributed by atoms with Crippen molar-refractivity contribution in [1.82, 2.24) is 0 Å². The highest BCUT2D eigenvalue weighted by atomic mass is 19.4. The lowest BCUT2D eigenvalue weighted by molar-refractivity contribution is -0.137. The second kappa shape index (κ2) is 6.43. The zero-order chi connectivity index (χ0) is 15.4. The number of hydrogen-bond donors (Lipinski definition) is 2. The Morgan fingerprint density at radius 2 is 1.75 bits per heavy atom. The molecule has 1 rings (SSSR count). The number of aliphatic hydroxyl groups is 1. The molecule has 0 amide bonds. The molecule has 0 aliphatic rings. The molecule has 0 aliphatic heterocycles. The molecule has 6 heteroatoms. The van der Waals surface area contributed by atoms with E-state index >= 15 is 0 Å². The van der Waals surface area contributed by atoms with Crippen LogP contribution < -0.4 is 5.32 Å². The van der Waals surface area contributed by atoms with Crippen molar-refractivity contribution >= 4 is 5.69 Å². The summed E-state index contributed by atoms with van der Waals surface area (Å²) in [5.74, 6) is -0.739. The Bertz CT molecular complexity index is 433. The fourth-order valence-electron chi connectivity index (χ4n) is 1.90. The van der Waals surface area contributed by atoms with Gasteiger partial charge < -0.3 is 10.4 Å². The van der Waals surface area contributed by atoms with E-state index in [1.165, 1.54) is 0 Å². The van der Waals surface area contributed by atoms with Crippen LogP contribution in [0.5, 0.6) is 0 Å². The molecule has 0 radical (unpaired) electrons. The predicted molar refractivity (Wildman–Crippen MR) is 70.0 cm³/mol. The van der Waals surface area contributed by atoms with Gasteiger partial charge in [-0.1, -0.05) is 13.8 Å². The summed E-state index contributed by atoms with van der Waals surface area (Å²) in [5, 5.41) is 12.1. The zero-order valence-corrected chi connectivity index (χ0v) is 11.5. The van der Waals surface area contributed by atoms with Crippen molar-refractivity contribution in [2.24, 2.45) is 5.41 Å². The van der Waals surface area contributed by atoms with E-state index in [0.717, 1.165) is 12.1 Å². The third kappa shape index (κ3) is 3.85. The van der Waals surface area contributed by atoms with E-state index in [4.69, 9.17) is 0 Å². The fourth-order valence-corrected chi connectivity index (χ4v) is 1.90. The molecule has 0 fully saturated rings. The number of aliphatic hydroxyl groups excluding tert-OH is 1. The smallest absolute Gasteiger partial charge is 0.396 e. The first-order valence-electron chi connectivity index (χ1n) is 6.49. The van der Waals surface area contributed by atoms with Gasteiger partial charge in [0, 0.05) is 12.0 Å². The number of anilines is 1. The highest BCUT2D eigenvalue weighted by Gasteiger charge is 2.31. The maximum absolute atomic E-state index is 13.6. The minimum atomic E-state index is -4.51. The Balaban J connectivity index is 2.92. The summed E-state index contributed by atoms with van der Waals surface area (Å²) in [6.45, 7) is 3.87. The van der Waals surface area contributed by atoms with Gasteiger partial charge in [-0.3, -0.25) is 0 Å². The summed E-state index contributed by atoms with van der Waals surface area (Å²) in [6, 6.07) is 2.26. The van der Waals surface area contributed by atoms with Crippen LogP contribution in [0.25, 0.3) is 0 Å². The topological polar surface area (TPSA) is 32.3 Å². The molecular weight excluding hydrogens is 274 g/mol. The van der Waals surface area contributed by atoms with Crippen LogP contribution in [0.1, 0.15) is 32.3 Å². The van der Waals surface area contributed by atoms with Crippen molar-refractivity contribution in [3.05, 3.63) is 29.6 Å². The van der Waals surface area contributed by atoms with E-state index in [9.17, 15) is 22.7 Å². The second-order valence-corrected chi connectivity index (χ2v) is 4.91. The van der Waals surface area contributed by atoms with Gasteiger partial charge in [-0.2, -0.15) is 13.2 Å². The van der Waals surface area contributed by atoms with Gasteiger partial charge in [-0.05, 0) is 31.0 Å². The van der Waals surface area contributed by atoms with Crippen molar-refractivity contribution in [2.45, 2.75) is 32.9 Å². The number of alkyl halides is 3. The molecule has 1 aromatic rings. The van der Waals surface area contributed by atoms with Crippen molar-refractivity contribution in [1.29, 1.82) is 0 Å². The Morgan fingerprint density at radius 1 is 1.15 bits per heavy atom.